The van der Waals surface area contributed by atoms with Crippen molar-refractivity contribution in [3.8, 4) is 22.3 Å². The molecule has 0 aliphatic rings. The lowest BCUT2D eigenvalue weighted by Gasteiger charge is -2.17. The molecule has 8 aromatic rings. The van der Waals surface area contributed by atoms with Crippen molar-refractivity contribution in [2.45, 2.75) is 0 Å². The van der Waals surface area contributed by atoms with Crippen LogP contribution in [0.1, 0.15) is 12.3 Å². The van der Waals surface area contributed by atoms with Crippen LogP contribution in [-0.4, -0.2) is 0 Å². The quantitative estimate of drug-likeness (QED) is 0.237. The van der Waals surface area contributed by atoms with Crippen LogP contribution in [0.5, 0.6) is 0 Å². The highest BCUT2D eigenvalue weighted by atomic mass is 16.3. The third kappa shape index (κ3) is 2.58. The van der Waals surface area contributed by atoms with E-state index in [1.165, 1.54) is 0 Å². The summed E-state index contributed by atoms with van der Waals surface area (Å²) in [5.41, 5.74) is 2.88. The fraction of sp³-hybridized carbons (Fsp3) is 0. The van der Waals surface area contributed by atoms with Gasteiger partial charge in [-0.15, -0.1) is 0 Å². The average molecular weight is 454 g/mol. The molecule has 0 N–H and O–H groups in total. The normalized spacial score (nSPS) is 15.6. The van der Waals surface area contributed by atoms with Gasteiger partial charge in [-0.3, -0.25) is 0 Å². The third-order valence-corrected chi connectivity index (χ3v) is 6.87. The smallest absolute Gasteiger partial charge is 0.136 e. The molecule has 0 unspecified atom stereocenters. The van der Waals surface area contributed by atoms with E-state index in [4.69, 9.17) is 16.8 Å². The lowest BCUT2D eigenvalue weighted by molar-refractivity contribution is 0.669. The molecule has 0 amide bonds. The van der Waals surface area contributed by atoms with Gasteiger partial charge in [0.05, 0.1) is 12.3 Å². The number of benzene rings is 7. The van der Waals surface area contributed by atoms with Gasteiger partial charge in [0.2, 0.25) is 0 Å². The van der Waals surface area contributed by atoms with Crippen LogP contribution in [0.2, 0.25) is 0 Å². The minimum Gasteiger partial charge on any atom is -0.456 e. The zero-order valence-corrected chi connectivity index (χ0v) is 18.3. The number of rotatable bonds is 2. The standard InChI is InChI=1S/C34H20O/c1-2-7-21(8-3-1)24-17-13-22-16-20-28-25(18-14-23-15-19-27(24)32(22)33(23)28)26-10-6-12-31-34(26)29-9-4-5-11-30(29)35-31/h1-20H/i1D,2D,3D,4D,5D,7D,8D,9D,11D. The van der Waals surface area contributed by atoms with Gasteiger partial charge in [-0.25, -0.2) is 0 Å². The molecule has 7 aromatic carbocycles. The van der Waals surface area contributed by atoms with E-state index in [2.05, 4.69) is 0 Å². The molecule has 162 valence electrons. The maximum absolute atomic E-state index is 8.68. The van der Waals surface area contributed by atoms with Gasteiger partial charge in [-0.1, -0.05) is 109 Å². The SMILES string of the molecule is [2H]c1c([2H])c([2H])c(-c2ccc3ccc4c(-c5cccc6oc7c([2H])c([2H])c([2H])c([2H])c7c56)ccc5ccc2c3c54)c([2H])c1[2H]. The van der Waals surface area contributed by atoms with Crippen LogP contribution in [-0.2, 0) is 0 Å². The topological polar surface area (TPSA) is 13.1 Å². The molecule has 0 aliphatic carbocycles. The minimum absolute atomic E-state index is 0.111. The van der Waals surface area contributed by atoms with Gasteiger partial charge >= 0.3 is 0 Å². The van der Waals surface area contributed by atoms with Crippen molar-refractivity contribution >= 4 is 54.3 Å². The molecule has 1 heteroatoms. The van der Waals surface area contributed by atoms with Gasteiger partial charge in [0.1, 0.15) is 11.2 Å². The highest BCUT2D eigenvalue weighted by Crippen LogP contribution is 2.44. The van der Waals surface area contributed by atoms with Crippen molar-refractivity contribution in [3.05, 3.63) is 121 Å². The van der Waals surface area contributed by atoms with Crippen LogP contribution in [0.15, 0.2) is 126 Å². The molecule has 0 radical (unpaired) electrons. The van der Waals surface area contributed by atoms with E-state index in [1.807, 2.05) is 60.7 Å². The zero-order valence-electron chi connectivity index (χ0n) is 27.3. The zero-order chi connectivity index (χ0) is 30.8. The summed E-state index contributed by atoms with van der Waals surface area (Å²) >= 11 is 0. The first-order chi connectivity index (χ1) is 21.1. The van der Waals surface area contributed by atoms with Crippen LogP contribution < -0.4 is 0 Å². The van der Waals surface area contributed by atoms with Gasteiger partial charge < -0.3 is 4.42 Å². The van der Waals surface area contributed by atoms with Crippen molar-refractivity contribution in [1.29, 1.82) is 0 Å². The monoisotopic (exact) mass is 453 g/mol. The Balaban J connectivity index is 1.49. The fourth-order valence-electron chi connectivity index (χ4n) is 5.40. The first kappa shape index (κ1) is 12.2. The van der Waals surface area contributed by atoms with E-state index in [0.29, 0.717) is 21.9 Å². The van der Waals surface area contributed by atoms with Crippen LogP contribution >= 0.6 is 0 Å². The van der Waals surface area contributed by atoms with Gasteiger partial charge in [0.15, 0.2) is 0 Å². The van der Waals surface area contributed by atoms with E-state index in [-0.39, 0.29) is 59.5 Å². The maximum atomic E-state index is 8.68. The van der Waals surface area contributed by atoms with E-state index < -0.39 is 6.04 Å². The molecule has 0 saturated carbocycles. The second-order valence-electron chi connectivity index (χ2n) is 8.63. The minimum atomic E-state index is -0.433. The van der Waals surface area contributed by atoms with Crippen molar-refractivity contribution < 1.29 is 16.8 Å². The molecule has 0 aliphatic heterocycles. The summed E-state index contributed by atoms with van der Waals surface area (Å²) < 4.78 is 81.2. The Hall–Kier alpha value is -4.62. The first-order valence-electron chi connectivity index (χ1n) is 15.8. The largest absolute Gasteiger partial charge is 0.456 e. The third-order valence-electron chi connectivity index (χ3n) is 6.87. The Morgan fingerprint density at radius 1 is 0.457 bits per heavy atom. The molecular weight excluding hydrogens is 424 g/mol. The summed E-state index contributed by atoms with van der Waals surface area (Å²) in [6, 6.07) is 18.4. The predicted octanol–water partition coefficient (Wildman–Crippen LogP) is 9.82. The molecule has 0 atom stereocenters. The molecule has 0 fully saturated rings. The summed E-state index contributed by atoms with van der Waals surface area (Å²) in [7, 11) is 0. The van der Waals surface area contributed by atoms with Gasteiger partial charge in [-0.05, 0) is 66.7 Å². The second kappa shape index (κ2) is 6.94. The highest BCUT2D eigenvalue weighted by Gasteiger charge is 2.17. The summed E-state index contributed by atoms with van der Waals surface area (Å²) in [5, 5.41) is 6.34. The molecule has 8 rings (SSSR count). The van der Waals surface area contributed by atoms with Gasteiger partial charge in [-0.2, -0.15) is 0 Å². The fourth-order valence-corrected chi connectivity index (χ4v) is 5.40. The molecule has 0 bridgehead atoms. The number of furan rings is 1. The lowest BCUT2D eigenvalue weighted by Crippen LogP contribution is -1.89. The van der Waals surface area contributed by atoms with Crippen molar-refractivity contribution in [3.63, 3.8) is 0 Å². The summed E-state index contributed by atoms with van der Waals surface area (Å²) in [6.07, 6.45) is 0. The summed E-state index contributed by atoms with van der Waals surface area (Å²) in [6.45, 7) is 0. The van der Waals surface area contributed by atoms with Crippen LogP contribution in [0.3, 0.4) is 0 Å². The number of para-hydroxylation sites is 1. The Bertz CT molecular complexity index is 2520. The maximum Gasteiger partial charge on any atom is 0.136 e. The second-order valence-corrected chi connectivity index (χ2v) is 8.63. The number of fused-ring (bicyclic) bond motifs is 3. The highest BCUT2D eigenvalue weighted by molar-refractivity contribution is 6.28. The molecule has 0 spiro atoms. The van der Waals surface area contributed by atoms with Crippen molar-refractivity contribution in [2.24, 2.45) is 0 Å². The molecule has 35 heavy (non-hydrogen) atoms. The lowest BCUT2D eigenvalue weighted by atomic mass is 9.86. The first-order valence-corrected chi connectivity index (χ1v) is 11.3. The van der Waals surface area contributed by atoms with E-state index in [1.54, 1.807) is 6.07 Å². The summed E-state index contributed by atoms with van der Waals surface area (Å²) in [5.74, 6) is 0. The van der Waals surface area contributed by atoms with Crippen LogP contribution in [0.25, 0.3) is 76.5 Å². The average Bonchev–Trinajstić information content (AvgIpc) is 3.44. The number of hydrogen-bond donors (Lipinski definition) is 0. The van der Waals surface area contributed by atoms with E-state index >= 15 is 0 Å². The molecule has 1 heterocycles. The Morgan fingerprint density at radius 2 is 1.11 bits per heavy atom. The van der Waals surface area contributed by atoms with Gasteiger partial charge in [0.25, 0.3) is 0 Å². The summed E-state index contributed by atoms with van der Waals surface area (Å²) in [4.78, 5) is 0. The van der Waals surface area contributed by atoms with Crippen molar-refractivity contribution in [2.75, 3.05) is 0 Å². The van der Waals surface area contributed by atoms with Gasteiger partial charge in [0, 0.05) is 10.8 Å². The van der Waals surface area contributed by atoms with Crippen LogP contribution in [0, 0.1) is 0 Å². The molecular formula is C34H20O. The predicted molar refractivity (Wildman–Crippen MR) is 148 cm³/mol. The number of hydrogen-bond acceptors (Lipinski definition) is 1. The molecule has 1 nitrogen and oxygen atoms in total. The Kier molecular flexibility index (Phi) is 2.42. The Labute approximate surface area is 214 Å². The molecule has 1 aromatic heterocycles. The van der Waals surface area contributed by atoms with Crippen molar-refractivity contribution in [1.82, 2.24) is 0 Å². The molecule has 0 saturated heterocycles. The van der Waals surface area contributed by atoms with E-state index in [9.17, 15) is 0 Å². The van der Waals surface area contributed by atoms with E-state index in [0.717, 1.165) is 43.4 Å². The van der Waals surface area contributed by atoms with Crippen LogP contribution in [0.4, 0.5) is 0 Å². The Morgan fingerprint density at radius 3 is 1.91 bits per heavy atom.